The fourth-order valence-electron chi connectivity index (χ4n) is 2.31. The second-order valence-corrected chi connectivity index (χ2v) is 6.93. The topological polar surface area (TPSA) is 49.2 Å². The van der Waals surface area contributed by atoms with Gasteiger partial charge >= 0.3 is 0 Å². The second kappa shape index (κ2) is 5.19. The molecule has 1 aliphatic carbocycles. The number of rotatable bonds is 3. The van der Waals surface area contributed by atoms with Gasteiger partial charge in [0.15, 0.2) is 5.13 Å². The number of thiazole rings is 2. The minimum atomic E-state index is -0.368. The second-order valence-electron chi connectivity index (χ2n) is 4.93. The van der Waals surface area contributed by atoms with Gasteiger partial charge in [-0.05, 0) is 26.2 Å². The zero-order valence-corrected chi connectivity index (χ0v) is 12.7. The van der Waals surface area contributed by atoms with Crippen molar-refractivity contribution < 1.29 is 5.11 Å². The molecule has 6 heteroatoms. The summed E-state index contributed by atoms with van der Waals surface area (Å²) in [5.41, 5.74) is 3.88. The molecule has 0 spiro atoms. The van der Waals surface area contributed by atoms with Crippen molar-refractivity contribution in [2.45, 2.75) is 38.8 Å². The first-order chi connectivity index (χ1) is 9.15. The lowest BCUT2D eigenvalue weighted by Gasteiger charge is -2.15. The fourth-order valence-corrected chi connectivity index (χ4v) is 4.25. The molecule has 0 fully saturated rings. The zero-order valence-electron chi connectivity index (χ0n) is 11.1. The van der Waals surface area contributed by atoms with Crippen LogP contribution in [0.15, 0.2) is 5.51 Å². The van der Waals surface area contributed by atoms with E-state index in [2.05, 4.69) is 21.9 Å². The molecule has 102 valence electrons. The molecule has 1 atom stereocenters. The third-order valence-electron chi connectivity index (χ3n) is 3.47. The van der Waals surface area contributed by atoms with E-state index >= 15 is 0 Å². The van der Waals surface area contributed by atoms with Crippen LogP contribution < -0.4 is 4.90 Å². The highest BCUT2D eigenvalue weighted by Gasteiger charge is 2.24. The number of aliphatic hydroxyl groups is 1. The average molecular weight is 295 g/mol. The highest BCUT2D eigenvalue weighted by molar-refractivity contribution is 7.15. The third-order valence-corrected chi connectivity index (χ3v) is 5.63. The molecule has 2 aromatic heterocycles. The smallest absolute Gasteiger partial charge is 0.185 e. The zero-order chi connectivity index (χ0) is 13.4. The maximum absolute atomic E-state index is 9.97. The Bertz CT molecular complexity index is 578. The molecule has 0 bridgehead atoms. The summed E-state index contributed by atoms with van der Waals surface area (Å²) in [6, 6.07) is 0. The number of aryl methyl sites for hydroxylation is 2. The lowest BCUT2D eigenvalue weighted by molar-refractivity contribution is 0.153. The van der Waals surface area contributed by atoms with Gasteiger partial charge in [0.1, 0.15) is 0 Å². The minimum absolute atomic E-state index is 0.368. The molecular formula is C13H17N3OS2. The lowest BCUT2D eigenvalue weighted by Crippen LogP contribution is -2.16. The first kappa shape index (κ1) is 13.0. The van der Waals surface area contributed by atoms with Crippen molar-refractivity contribution in [3.8, 4) is 0 Å². The van der Waals surface area contributed by atoms with Crippen LogP contribution in [0.25, 0.3) is 0 Å². The standard InChI is InChI=1S/C13H17N3OS2/c1-8-11(18-7-14-8)6-16(2)13-15-12-9(17)4-3-5-10(12)19-13/h7,9,17H,3-6H2,1-2H3. The van der Waals surface area contributed by atoms with E-state index in [0.29, 0.717) is 0 Å². The number of aromatic nitrogens is 2. The number of nitrogens with zero attached hydrogens (tertiary/aromatic N) is 3. The molecule has 0 amide bonds. The maximum Gasteiger partial charge on any atom is 0.185 e. The molecule has 1 aliphatic rings. The summed E-state index contributed by atoms with van der Waals surface area (Å²) in [5, 5.41) is 11.0. The predicted molar refractivity (Wildman–Crippen MR) is 79.0 cm³/mol. The highest BCUT2D eigenvalue weighted by atomic mass is 32.1. The van der Waals surface area contributed by atoms with Crippen LogP contribution >= 0.6 is 22.7 Å². The highest BCUT2D eigenvalue weighted by Crippen LogP contribution is 2.36. The van der Waals surface area contributed by atoms with E-state index in [1.807, 2.05) is 12.4 Å². The van der Waals surface area contributed by atoms with Crippen molar-refractivity contribution in [1.82, 2.24) is 9.97 Å². The van der Waals surface area contributed by atoms with Crippen molar-refractivity contribution in [3.63, 3.8) is 0 Å². The molecule has 1 unspecified atom stereocenters. The Hall–Kier alpha value is -0.980. The van der Waals surface area contributed by atoms with Gasteiger partial charge in [0.05, 0.1) is 29.5 Å². The Morgan fingerprint density at radius 3 is 3.05 bits per heavy atom. The number of hydrogen-bond donors (Lipinski definition) is 1. The number of anilines is 1. The van der Waals surface area contributed by atoms with E-state index < -0.39 is 0 Å². The summed E-state index contributed by atoms with van der Waals surface area (Å²) in [6.07, 6.45) is 2.59. The van der Waals surface area contributed by atoms with Gasteiger partial charge in [-0.25, -0.2) is 9.97 Å². The minimum Gasteiger partial charge on any atom is -0.387 e. The largest absolute Gasteiger partial charge is 0.387 e. The van der Waals surface area contributed by atoms with Crippen molar-refractivity contribution in [2.75, 3.05) is 11.9 Å². The molecule has 2 heterocycles. The van der Waals surface area contributed by atoms with Gasteiger partial charge in [-0.2, -0.15) is 0 Å². The summed E-state index contributed by atoms with van der Waals surface area (Å²) in [4.78, 5) is 13.6. The molecule has 4 nitrogen and oxygen atoms in total. The van der Waals surface area contributed by atoms with E-state index in [0.717, 1.165) is 42.3 Å². The van der Waals surface area contributed by atoms with Gasteiger partial charge in [0, 0.05) is 16.8 Å². The van der Waals surface area contributed by atoms with Crippen LogP contribution in [0.2, 0.25) is 0 Å². The van der Waals surface area contributed by atoms with Crippen molar-refractivity contribution in [1.29, 1.82) is 0 Å². The maximum atomic E-state index is 9.97. The normalized spacial score (nSPS) is 18.4. The fraction of sp³-hybridized carbons (Fsp3) is 0.538. The lowest BCUT2D eigenvalue weighted by atomic mass is 10.0. The number of aliphatic hydroxyl groups excluding tert-OH is 1. The molecule has 19 heavy (non-hydrogen) atoms. The van der Waals surface area contributed by atoms with Gasteiger partial charge in [-0.1, -0.05) is 0 Å². The van der Waals surface area contributed by atoms with Crippen LogP contribution in [-0.4, -0.2) is 22.1 Å². The Morgan fingerprint density at radius 1 is 1.53 bits per heavy atom. The molecular weight excluding hydrogens is 278 g/mol. The van der Waals surface area contributed by atoms with Crippen LogP contribution in [0.5, 0.6) is 0 Å². The molecule has 0 saturated heterocycles. The molecule has 0 aromatic carbocycles. The van der Waals surface area contributed by atoms with E-state index in [4.69, 9.17) is 0 Å². The van der Waals surface area contributed by atoms with Gasteiger partial charge in [0.25, 0.3) is 0 Å². The molecule has 2 aromatic rings. The van der Waals surface area contributed by atoms with E-state index in [1.165, 1.54) is 9.75 Å². The first-order valence-corrected chi connectivity index (χ1v) is 8.12. The van der Waals surface area contributed by atoms with Gasteiger partial charge in [0.2, 0.25) is 0 Å². The van der Waals surface area contributed by atoms with E-state index in [-0.39, 0.29) is 6.10 Å². The first-order valence-electron chi connectivity index (χ1n) is 6.43. The molecule has 0 radical (unpaired) electrons. The monoisotopic (exact) mass is 295 g/mol. The van der Waals surface area contributed by atoms with E-state index in [1.54, 1.807) is 22.7 Å². The number of fused-ring (bicyclic) bond motifs is 1. The van der Waals surface area contributed by atoms with Crippen molar-refractivity contribution >= 4 is 27.8 Å². The Kier molecular flexibility index (Phi) is 3.56. The van der Waals surface area contributed by atoms with Crippen LogP contribution in [0.3, 0.4) is 0 Å². The average Bonchev–Trinajstić information content (AvgIpc) is 2.97. The molecule has 0 saturated carbocycles. The molecule has 3 rings (SSSR count). The van der Waals surface area contributed by atoms with Gasteiger partial charge in [-0.3, -0.25) is 0 Å². The summed E-state index contributed by atoms with van der Waals surface area (Å²) < 4.78 is 0. The summed E-state index contributed by atoms with van der Waals surface area (Å²) in [5.74, 6) is 0. The van der Waals surface area contributed by atoms with Crippen LogP contribution in [0.4, 0.5) is 5.13 Å². The predicted octanol–water partition coefficient (Wildman–Crippen LogP) is 2.91. The Labute approximate surface area is 120 Å². The summed E-state index contributed by atoms with van der Waals surface area (Å²) in [6.45, 7) is 2.87. The third kappa shape index (κ3) is 2.52. The summed E-state index contributed by atoms with van der Waals surface area (Å²) >= 11 is 3.40. The summed E-state index contributed by atoms with van der Waals surface area (Å²) in [7, 11) is 2.05. The van der Waals surface area contributed by atoms with Gasteiger partial charge < -0.3 is 10.0 Å². The van der Waals surface area contributed by atoms with Crippen molar-refractivity contribution in [2.24, 2.45) is 0 Å². The van der Waals surface area contributed by atoms with Crippen LogP contribution in [0.1, 0.15) is 40.1 Å². The molecule has 0 aliphatic heterocycles. The van der Waals surface area contributed by atoms with Crippen LogP contribution in [-0.2, 0) is 13.0 Å². The number of hydrogen-bond acceptors (Lipinski definition) is 6. The Morgan fingerprint density at radius 2 is 2.37 bits per heavy atom. The van der Waals surface area contributed by atoms with Gasteiger partial charge in [-0.15, -0.1) is 22.7 Å². The van der Waals surface area contributed by atoms with Crippen LogP contribution in [0, 0.1) is 6.92 Å². The quantitative estimate of drug-likeness (QED) is 0.946. The van der Waals surface area contributed by atoms with E-state index in [9.17, 15) is 5.11 Å². The molecule has 1 N–H and O–H groups in total. The van der Waals surface area contributed by atoms with Crippen molar-refractivity contribution in [3.05, 3.63) is 26.7 Å². The Balaban J connectivity index is 1.81. The SMILES string of the molecule is Cc1ncsc1CN(C)c1nc2c(s1)CCCC2O.